The number of rotatable bonds is 9. The van der Waals surface area contributed by atoms with Crippen LogP contribution in [0.1, 0.15) is 25.8 Å². The van der Waals surface area contributed by atoms with Gasteiger partial charge in [-0.15, -0.1) is 0 Å². The first-order valence-electron chi connectivity index (χ1n) is 8.07. The lowest BCUT2D eigenvalue weighted by Gasteiger charge is -2.19. The summed E-state index contributed by atoms with van der Waals surface area (Å²) in [5, 5.41) is 19.8. The molecule has 140 valence electrons. The number of esters is 1. The zero-order valence-corrected chi connectivity index (χ0v) is 14.8. The number of hydrogen-bond donors (Lipinski definition) is 3. The number of amides is 1. The van der Waals surface area contributed by atoms with Gasteiger partial charge in [0, 0.05) is 0 Å². The van der Waals surface area contributed by atoms with Crippen molar-refractivity contribution < 1.29 is 29.4 Å². The van der Waals surface area contributed by atoms with E-state index in [1.807, 2.05) is 13.8 Å². The molecular weight excluding hydrogens is 328 g/mol. The molecule has 0 aliphatic heterocycles. The first kappa shape index (κ1) is 20.7. The van der Waals surface area contributed by atoms with Crippen molar-refractivity contribution in [1.29, 1.82) is 0 Å². The third-order valence-electron chi connectivity index (χ3n) is 3.96. The van der Waals surface area contributed by atoms with E-state index in [-0.39, 0.29) is 37.0 Å². The van der Waals surface area contributed by atoms with Crippen molar-refractivity contribution in [3.8, 4) is 11.5 Å². The van der Waals surface area contributed by atoms with Crippen molar-refractivity contribution in [3.63, 3.8) is 0 Å². The number of hydrogen-bond acceptors (Lipinski definition) is 7. The van der Waals surface area contributed by atoms with Crippen LogP contribution in [0.25, 0.3) is 0 Å². The second-order valence-electron chi connectivity index (χ2n) is 5.78. The van der Waals surface area contributed by atoms with Crippen molar-refractivity contribution in [2.75, 3.05) is 20.3 Å². The van der Waals surface area contributed by atoms with Gasteiger partial charge in [-0.25, -0.2) is 5.06 Å². The van der Waals surface area contributed by atoms with E-state index in [0.717, 1.165) is 6.42 Å². The largest absolute Gasteiger partial charge is 0.504 e. The molecule has 2 atom stereocenters. The van der Waals surface area contributed by atoms with E-state index in [4.69, 9.17) is 15.2 Å². The Bertz CT molecular complexity index is 593. The maximum Gasteiger partial charge on any atom is 0.323 e. The molecule has 0 bridgehead atoms. The fourth-order valence-corrected chi connectivity index (χ4v) is 2.04. The van der Waals surface area contributed by atoms with Crippen molar-refractivity contribution >= 4 is 11.9 Å². The summed E-state index contributed by atoms with van der Waals surface area (Å²) in [6.45, 7) is 3.46. The molecule has 0 spiro atoms. The molecule has 0 saturated heterocycles. The Morgan fingerprint density at radius 1 is 1.36 bits per heavy atom. The topological polar surface area (TPSA) is 122 Å². The molecule has 0 saturated carbocycles. The number of methoxy groups -OCH3 is 1. The molecule has 25 heavy (non-hydrogen) atoms. The molecule has 0 fully saturated rings. The molecule has 0 aromatic heterocycles. The Kier molecular flexibility index (Phi) is 8.17. The maximum absolute atomic E-state index is 12.0. The summed E-state index contributed by atoms with van der Waals surface area (Å²) in [6, 6.07) is 3.74. The zero-order chi connectivity index (χ0) is 19.0. The summed E-state index contributed by atoms with van der Waals surface area (Å²) >= 11 is 0. The molecule has 1 aromatic carbocycles. The smallest absolute Gasteiger partial charge is 0.323 e. The summed E-state index contributed by atoms with van der Waals surface area (Å²) in [7, 11) is 1.40. The van der Waals surface area contributed by atoms with Gasteiger partial charge in [-0.3, -0.25) is 14.8 Å². The number of benzene rings is 1. The van der Waals surface area contributed by atoms with Crippen LogP contribution in [0.3, 0.4) is 0 Å². The Hall–Kier alpha value is -2.32. The number of aromatic hydroxyl groups is 1. The highest BCUT2D eigenvalue weighted by Gasteiger charge is 2.21. The van der Waals surface area contributed by atoms with Crippen LogP contribution < -0.4 is 10.5 Å². The molecule has 8 heteroatoms. The van der Waals surface area contributed by atoms with Gasteiger partial charge in [0.05, 0.1) is 20.1 Å². The van der Waals surface area contributed by atoms with Gasteiger partial charge in [-0.2, -0.15) is 0 Å². The lowest BCUT2D eigenvalue weighted by atomic mass is 10.0. The number of carbonyl (C=O) groups excluding carboxylic acids is 2. The summed E-state index contributed by atoms with van der Waals surface area (Å²) in [5.74, 6) is -0.941. The van der Waals surface area contributed by atoms with Crippen molar-refractivity contribution in [2.45, 2.75) is 32.7 Å². The van der Waals surface area contributed by atoms with Crippen LogP contribution in [0.15, 0.2) is 18.2 Å². The number of hydroxylamine groups is 2. The highest BCUT2D eigenvalue weighted by molar-refractivity contribution is 5.78. The number of nitrogens with zero attached hydrogens (tertiary/aromatic N) is 1. The summed E-state index contributed by atoms with van der Waals surface area (Å²) < 4.78 is 9.94. The quantitative estimate of drug-likeness (QED) is 0.344. The van der Waals surface area contributed by atoms with E-state index in [1.165, 1.54) is 19.2 Å². The molecular formula is C17H26N2O6. The van der Waals surface area contributed by atoms with Gasteiger partial charge < -0.3 is 20.3 Å². The number of carbonyl (C=O) groups is 2. The maximum atomic E-state index is 12.0. The van der Waals surface area contributed by atoms with E-state index in [0.29, 0.717) is 10.6 Å². The van der Waals surface area contributed by atoms with Gasteiger partial charge >= 0.3 is 5.97 Å². The summed E-state index contributed by atoms with van der Waals surface area (Å²) in [6.07, 6.45) is 0.657. The second kappa shape index (κ2) is 9.85. The van der Waals surface area contributed by atoms with E-state index in [1.54, 1.807) is 6.07 Å². The Morgan fingerprint density at radius 2 is 2.04 bits per heavy atom. The van der Waals surface area contributed by atoms with Gasteiger partial charge in [0.1, 0.15) is 12.6 Å². The van der Waals surface area contributed by atoms with Gasteiger partial charge in [0.15, 0.2) is 11.5 Å². The number of phenolic OH excluding ortho intramolecular Hbond substituents is 1. The van der Waals surface area contributed by atoms with E-state index in [9.17, 15) is 19.9 Å². The molecule has 0 aliphatic rings. The van der Waals surface area contributed by atoms with Crippen LogP contribution in [-0.2, 0) is 20.7 Å². The standard InChI is InChI=1S/C17H26N2O6/c1-4-11(2)16(18)17(22)25-8-7-19(23)15(21)10-12-5-6-13(20)14(9-12)24-3/h5-6,9,11,16,20,23H,4,7-8,10,18H2,1-3H3/t11-,16-/m0/s1. The highest BCUT2D eigenvalue weighted by Crippen LogP contribution is 2.26. The third kappa shape index (κ3) is 6.24. The fourth-order valence-electron chi connectivity index (χ4n) is 2.04. The van der Waals surface area contributed by atoms with Crippen LogP contribution in [-0.4, -0.2) is 53.6 Å². The molecule has 0 heterocycles. The Balaban J connectivity index is 2.46. The second-order valence-corrected chi connectivity index (χ2v) is 5.78. The lowest BCUT2D eigenvalue weighted by Crippen LogP contribution is -2.39. The van der Waals surface area contributed by atoms with Crippen molar-refractivity contribution in [3.05, 3.63) is 23.8 Å². The zero-order valence-electron chi connectivity index (χ0n) is 14.8. The van der Waals surface area contributed by atoms with Crippen molar-refractivity contribution in [1.82, 2.24) is 5.06 Å². The van der Waals surface area contributed by atoms with Crippen LogP contribution >= 0.6 is 0 Å². The first-order valence-corrected chi connectivity index (χ1v) is 8.07. The van der Waals surface area contributed by atoms with Crippen molar-refractivity contribution in [2.24, 2.45) is 11.7 Å². The predicted octanol–water partition coefficient (Wildman–Crippen LogP) is 1.08. The minimum Gasteiger partial charge on any atom is -0.504 e. The van der Waals surface area contributed by atoms with Gasteiger partial charge in [-0.05, 0) is 23.6 Å². The number of phenols is 1. The predicted molar refractivity (Wildman–Crippen MR) is 90.3 cm³/mol. The SMILES string of the molecule is CC[C@H](C)[C@H](N)C(=O)OCCN(O)C(=O)Cc1ccc(O)c(OC)c1. The molecule has 0 radical (unpaired) electrons. The van der Waals surface area contributed by atoms with Crippen LogP contribution in [0, 0.1) is 5.92 Å². The normalized spacial score (nSPS) is 13.0. The third-order valence-corrected chi connectivity index (χ3v) is 3.96. The summed E-state index contributed by atoms with van der Waals surface area (Å²) in [5.41, 5.74) is 6.30. The number of ether oxygens (including phenoxy) is 2. The first-order chi connectivity index (χ1) is 11.8. The van der Waals surface area contributed by atoms with Gasteiger partial charge in [0.2, 0.25) is 5.91 Å². The molecule has 1 amide bonds. The average molecular weight is 354 g/mol. The van der Waals surface area contributed by atoms with E-state index < -0.39 is 17.9 Å². The van der Waals surface area contributed by atoms with Crippen LogP contribution in [0.2, 0.25) is 0 Å². The molecule has 1 aromatic rings. The highest BCUT2D eigenvalue weighted by atomic mass is 16.5. The summed E-state index contributed by atoms with van der Waals surface area (Å²) in [4.78, 5) is 23.7. The molecule has 8 nitrogen and oxygen atoms in total. The Morgan fingerprint density at radius 3 is 2.64 bits per heavy atom. The van der Waals surface area contributed by atoms with E-state index >= 15 is 0 Å². The lowest BCUT2D eigenvalue weighted by molar-refractivity contribution is -0.170. The van der Waals surface area contributed by atoms with Crippen LogP contribution in [0.4, 0.5) is 0 Å². The number of nitrogens with two attached hydrogens (primary N) is 1. The van der Waals surface area contributed by atoms with Gasteiger partial charge in [0.25, 0.3) is 0 Å². The molecule has 1 rings (SSSR count). The van der Waals surface area contributed by atoms with Crippen LogP contribution in [0.5, 0.6) is 11.5 Å². The Labute approximate surface area is 147 Å². The minimum atomic E-state index is -0.725. The van der Waals surface area contributed by atoms with Gasteiger partial charge in [-0.1, -0.05) is 26.3 Å². The molecule has 4 N–H and O–H groups in total. The monoisotopic (exact) mass is 354 g/mol. The molecule has 0 aliphatic carbocycles. The fraction of sp³-hybridized carbons (Fsp3) is 0.529. The average Bonchev–Trinajstić information content (AvgIpc) is 2.61. The molecule has 0 unspecified atom stereocenters. The van der Waals surface area contributed by atoms with E-state index in [2.05, 4.69) is 0 Å². The minimum absolute atomic E-state index is 0.0103.